The summed E-state index contributed by atoms with van der Waals surface area (Å²) in [5.74, 6) is -4.52. The number of methoxy groups -OCH3 is 1. The van der Waals surface area contributed by atoms with Gasteiger partial charge in [-0.15, -0.1) is 0 Å². The van der Waals surface area contributed by atoms with E-state index in [0.29, 0.717) is 25.9 Å². The Morgan fingerprint density at radius 3 is 2.76 bits per heavy atom. The number of halogens is 3. The van der Waals surface area contributed by atoms with Crippen LogP contribution in [0.4, 0.5) is 8.78 Å². The lowest BCUT2D eigenvalue weighted by Crippen LogP contribution is -2.39. The van der Waals surface area contributed by atoms with Gasteiger partial charge in [0, 0.05) is 45.6 Å². The van der Waals surface area contributed by atoms with Crippen molar-refractivity contribution in [2.75, 3.05) is 32.7 Å². The molecule has 1 atom stereocenters. The van der Waals surface area contributed by atoms with E-state index in [0.717, 1.165) is 23.0 Å². The van der Waals surface area contributed by atoms with Crippen LogP contribution in [0, 0.1) is 11.6 Å². The third kappa shape index (κ3) is 5.09. The largest absolute Gasteiger partial charge is 0.502 e. The zero-order valence-electron chi connectivity index (χ0n) is 18.0. The minimum Gasteiger partial charge on any atom is -0.502 e. The fourth-order valence-electron chi connectivity index (χ4n) is 3.43. The summed E-state index contributed by atoms with van der Waals surface area (Å²) in [6.07, 6.45) is 2.04. The molecule has 3 N–H and O–H groups in total. The van der Waals surface area contributed by atoms with Gasteiger partial charge in [-0.2, -0.15) is 0 Å². The van der Waals surface area contributed by atoms with Crippen molar-refractivity contribution >= 4 is 23.4 Å². The number of pyridine rings is 1. The van der Waals surface area contributed by atoms with Crippen molar-refractivity contribution in [1.29, 1.82) is 0 Å². The molecule has 0 fully saturated rings. The molecule has 0 saturated heterocycles. The van der Waals surface area contributed by atoms with E-state index in [2.05, 4.69) is 10.7 Å². The van der Waals surface area contributed by atoms with Crippen molar-refractivity contribution in [2.24, 2.45) is 0 Å². The molecule has 0 aliphatic carbocycles. The lowest BCUT2D eigenvalue weighted by molar-refractivity contribution is 0.0645. The molecule has 3 rings (SSSR count). The predicted octanol–water partition coefficient (Wildman–Crippen LogP) is 1.84. The van der Waals surface area contributed by atoms with Gasteiger partial charge in [0.05, 0.1) is 11.1 Å². The van der Waals surface area contributed by atoms with E-state index in [4.69, 9.17) is 16.3 Å². The number of hydrogen-bond acceptors (Lipinski definition) is 6. The Balaban J connectivity index is 1.94. The standard InChI is InChI=1S/C21H23ClF2N4O5/c1-27-8-6-11(33-2)5-7-26-28-10-13(18(29)19(30)17(28)21(27)32)20(31)25-9-12-15(23)4-3-14(22)16(12)24/h3-4,10-11,26,30H,5-9H2,1-2H3,(H,25,31). The molecule has 1 aromatic heterocycles. The van der Waals surface area contributed by atoms with E-state index in [1.807, 2.05) is 0 Å². The number of aromatic hydroxyl groups is 1. The summed E-state index contributed by atoms with van der Waals surface area (Å²) < 4.78 is 34.5. The van der Waals surface area contributed by atoms with Crippen LogP contribution in [0.3, 0.4) is 0 Å². The first-order valence-electron chi connectivity index (χ1n) is 10.1. The number of carbonyl (C=O) groups is 2. The van der Waals surface area contributed by atoms with Crippen molar-refractivity contribution in [3.8, 4) is 5.75 Å². The Morgan fingerprint density at radius 2 is 2.06 bits per heavy atom. The molecule has 12 heteroatoms. The highest BCUT2D eigenvalue weighted by atomic mass is 35.5. The van der Waals surface area contributed by atoms with E-state index in [1.165, 1.54) is 11.9 Å². The molecular formula is C21H23ClF2N4O5. The lowest BCUT2D eigenvalue weighted by Gasteiger charge is -2.26. The van der Waals surface area contributed by atoms with Crippen LogP contribution in [0.15, 0.2) is 23.1 Å². The highest BCUT2D eigenvalue weighted by Crippen LogP contribution is 2.21. The number of nitrogens with zero attached hydrogens (tertiary/aromatic N) is 2. The van der Waals surface area contributed by atoms with Crippen LogP contribution < -0.4 is 16.2 Å². The van der Waals surface area contributed by atoms with Gasteiger partial charge in [0.15, 0.2) is 11.4 Å². The number of aromatic nitrogens is 1. The lowest BCUT2D eigenvalue weighted by atomic mass is 10.1. The van der Waals surface area contributed by atoms with E-state index >= 15 is 0 Å². The number of nitrogens with one attached hydrogen (secondary N) is 2. The van der Waals surface area contributed by atoms with E-state index in [9.17, 15) is 28.3 Å². The monoisotopic (exact) mass is 484 g/mol. The molecule has 2 aromatic rings. The number of rotatable bonds is 4. The maximum Gasteiger partial charge on any atom is 0.276 e. The second-order valence-electron chi connectivity index (χ2n) is 7.51. The molecule has 2 heterocycles. The topological polar surface area (TPSA) is 113 Å². The molecule has 0 bridgehead atoms. The van der Waals surface area contributed by atoms with Gasteiger partial charge in [0.2, 0.25) is 5.43 Å². The molecular weight excluding hydrogens is 462 g/mol. The van der Waals surface area contributed by atoms with Gasteiger partial charge in [0.1, 0.15) is 17.2 Å². The fourth-order valence-corrected chi connectivity index (χ4v) is 3.61. The van der Waals surface area contributed by atoms with E-state index < -0.39 is 52.3 Å². The van der Waals surface area contributed by atoms with Crippen LogP contribution >= 0.6 is 11.6 Å². The zero-order valence-corrected chi connectivity index (χ0v) is 18.7. The Kier molecular flexibility index (Phi) is 7.54. The fraction of sp³-hybridized carbons (Fsp3) is 0.381. The van der Waals surface area contributed by atoms with E-state index in [1.54, 1.807) is 7.11 Å². The van der Waals surface area contributed by atoms with Crippen LogP contribution in [0.25, 0.3) is 0 Å². The predicted molar refractivity (Wildman–Crippen MR) is 116 cm³/mol. The highest BCUT2D eigenvalue weighted by Gasteiger charge is 2.28. The number of ether oxygens (including phenoxy) is 1. The smallest absolute Gasteiger partial charge is 0.276 e. The van der Waals surface area contributed by atoms with Crippen molar-refractivity contribution < 1.29 is 28.2 Å². The van der Waals surface area contributed by atoms with Crippen molar-refractivity contribution in [3.63, 3.8) is 0 Å². The maximum atomic E-state index is 14.1. The molecule has 1 aromatic carbocycles. The van der Waals surface area contributed by atoms with Crippen LogP contribution in [-0.4, -0.2) is 59.8 Å². The first-order chi connectivity index (χ1) is 15.6. The summed E-state index contributed by atoms with van der Waals surface area (Å²) in [4.78, 5) is 39.5. The van der Waals surface area contributed by atoms with Gasteiger partial charge in [-0.1, -0.05) is 11.6 Å². The van der Waals surface area contributed by atoms with Gasteiger partial charge in [0.25, 0.3) is 11.8 Å². The highest BCUT2D eigenvalue weighted by molar-refractivity contribution is 6.30. The van der Waals surface area contributed by atoms with Crippen molar-refractivity contribution in [2.45, 2.75) is 25.5 Å². The molecule has 1 aliphatic rings. The first kappa shape index (κ1) is 24.5. The second kappa shape index (κ2) is 10.2. The van der Waals surface area contributed by atoms with Crippen molar-refractivity contribution in [1.82, 2.24) is 14.9 Å². The summed E-state index contributed by atoms with van der Waals surface area (Å²) in [6, 6.07) is 1.99. The Hall–Kier alpha value is -3.18. The molecule has 0 spiro atoms. The maximum absolute atomic E-state index is 14.1. The molecule has 178 valence electrons. The number of benzene rings is 1. The summed E-state index contributed by atoms with van der Waals surface area (Å²) >= 11 is 5.65. The number of hydrogen-bond donors (Lipinski definition) is 3. The van der Waals surface area contributed by atoms with Crippen molar-refractivity contribution in [3.05, 3.63) is 62.0 Å². The number of carbonyl (C=O) groups excluding carboxylic acids is 2. The molecule has 9 nitrogen and oxygen atoms in total. The quantitative estimate of drug-likeness (QED) is 0.571. The Bertz CT molecular complexity index is 1140. The first-order valence-corrected chi connectivity index (χ1v) is 10.4. The van der Waals surface area contributed by atoms with Crippen LogP contribution in [0.5, 0.6) is 5.75 Å². The normalized spacial score (nSPS) is 16.7. The minimum absolute atomic E-state index is 0.132. The third-order valence-electron chi connectivity index (χ3n) is 5.41. The number of fused-ring (bicyclic) bond motifs is 1. The molecule has 0 saturated carbocycles. The molecule has 33 heavy (non-hydrogen) atoms. The molecule has 1 unspecified atom stereocenters. The number of amides is 2. The average molecular weight is 485 g/mol. The van der Waals surface area contributed by atoms with Crippen LogP contribution in [0.1, 0.15) is 39.3 Å². The zero-order chi connectivity index (χ0) is 24.3. The van der Waals surface area contributed by atoms with Crippen LogP contribution in [0.2, 0.25) is 5.02 Å². The second-order valence-corrected chi connectivity index (χ2v) is 7.92. The van der Waals surface area contributed by atoms with Gasteiger partial charge >= 0.3 is 0 Å². The SMILES string of the molecule is COC1CCNn2cc(C(=O)NCc3c(F)ccc(Cl)c3F)c(=O)c(O)c2C(=O)N(C)CC1. The van der Waals surface area contributed by atoms with Gasteiger partial charge in [-0.25, -0.2) is 8.78 Å². The van der Waals surface area contributed by atoms with E-state index in [-0.39, 0.29) is 16.8 Å². The van der Waals surface area contributed by atoms with Gasteiger partial charge < -0.3 is 25.5 Å². The average Bonchev–Trinajstić information content (AvgIpc) is 2.79. The molecule has 0 radical (unpaired) electrons. The Labute approximate surface area is 192 Å². The molecule has 1 aliphatic heterocycles. The van der Waals surface area contributed by atoms with Gasteiger partial charge in [-0.05, 0) is 25.0 Å². The Morgan fingerprint density at radius 1 is 1.33 bits per heavy atom. The van der Waals surface area contributed by atoms with Crippen LogP contribution in [-0.2, 0) is 11.3 Å². The summed E-state index contributed by atoms with van der Waals surface area (Å²) in [5, 5.41) is 12.4. The summed E-state index contributed by atoms with van der Waals surface area (Å²) in [5.41, 5.74) is 0.444. The minimum atomic E-state index is -1.10. The van der Waals surface area contributed by atoms with Gasteiger partial charge in [-0.3, -0.25) is 19.1 Å². The summed E-state index contributed by atoms with van der Waals surface area (Å²) in [7, 11) is 3.07. The summed E-state index contributed by atoms with van der Waals surface area (Å²) in [6.45, 7) is 0.0401. The molecule has 2 amide bonds. The third-order valence-corrected chi connectivity index (χ3v) is 5.70.